The van der Waals surface area contributed by atoms with E-state index in [4.69, 9.17) is 5.11 Å². The molecule has 0 radical (unpaired) electrons. The molecule has 6 heteroatoms. The zero-order chi connectivity index (χ0) is 11.7. The molecule has 0 aliphatic heterocycles. The molecule has 3 N–H and O–H groups in total. The van der Waals surface area contributed by atoms with Crippen molar-refractivity contribution in [2.45, 2.75) is 25.9 Å². The maximum absolute atomic E-state index is 11.1. The second-order valence-electron chi connectivity index (χ2n) is 3.13. The Bertz CT molecular complexity index is 210. The van der Waals surface area contributed by atoms with Crippen LogP contribution in [0.2, 0.25) is 0 Å². The number of hydrogen-bond donors (Lipinski definition) is 3. The van der Waals surface area contributed by atoms with Gasteiger partial charge in [-0.1, -0.05) is 13.3 Å². The van der Waals surface area contributed by atoms with E-state index in [0.29, 0.717) is 6.42 Å². The predicted octanol–water partition coefficient (Wildman–Crippen LogP) is 0.0814. The highest BCUT2D eigenvalue weighted by Crippen LogP contribution is 1.99. The Morgan fingerprint density at radius 3 is 2.60 bits per heavy atom. The first-order valence-electron chi connectivity index (χ1n) is 4.80. The molecule has 0 bridgehead atoms. The summed E-state index contributed by atoms with van der Waals surface area (Å²) < 4.78 is 0. The minimum Gasteiger partial charge on any atom is -0.481 e. The molecule has 0 fully saturated rings. The number of amides is 1. The maximum atomic E-state index is 11.1. The fourth-order valence-corrected chi connectivity index (χ4v) is 1.51. The summed E-state index contributed by atoms with van der Waals surface area (Å²) in [5.74, 6) is -1.13. The van der Waals surface area contributed by atoms with Crippen LogP contribution in [0.25, 0.3) is 0 Å². The van der Waals surface area contributed by atoms with Gasteiger partial charge in [-0.3, -0.25) is 9.59 Å². The third-order valence-corrected chi connectivity index (χ3v) is 2.53. The van der Waals surface area contributed by atoms with Crippen LogP contribution in [-0.4, -0.2) is 46.2 Å². The summed E-state index contributed by atoms with van der Waals surface area (Å²) >= 11 is 1.04. The largest absolute Gasteiger partial charge is 0.481 e. The van der Waals surface area contributed by atoms with E-state index in [1.807, 2.05) is 6.92 Å². The number of aliphatic hydroxyl groups excluding tert-OH is 1. The van der Waals surface area contributed by atoms with Gasteiger partial charge in [-0.15, -0.1) is 11.8 Å². The Hall–Kier alpha value is -0.750. The molecule has 0 aromatic rings. The molecule has 0 heterocycles. The zero-order valence-electron chi connectivity index (χ0n) is 8.73. The van der Waals surface area contributed by atoms with Crippen molar-refractivity contribution >= 4 is 23.6 Å². The second-order valence-corrected chi connectivity index (χ2v) is 4.12. The van der Waals surface area contributed by atoms with Crippen LogP contribution in [0, 0.1) is 0 Å². The van der Waals surface area contributed by atoms with Gasteiger partial charge in [0.05, 0.1) is 17.6 Å². The highest BCUT2D eigenvalue weighted by molar-refractivity contribution is 8.00. The van der Waals surface area contributed by atoms with Crippen molar-refractivity contribution in [3.05, 3.63) is 0 Å². The molecule has 5 nitrogen and oxygen atoms in total. The lowest BCUT2D eigenvalue weighted by Crippen LogP contribution is -2.33. The number of hydrogen-bond acceptors (Lipinski definition) is 4. The molecule has 0 aliphatic carbocycles. The summed E-state index contributed by atoms with van der Waals surface area (Å²) in [6.45, 7) is 2.19. The molecule has 15 heavy (non-hydrogen) atoms. The number of aliphatic carboxylic acids is 1. The van der Waals surface area contributed by atoms with Crippen LogP contribution in [0.3, 0.4) is 0 Å². The summed E-state index contributed by atoms with van der Waals surface area (Å²) in [5, 5.41) is 20.2. The first-order valence-corrected chi connectivity index (χ1v) is 5.96. The van der Waals surface area contributed by atoms with Gasteiger partial charge in [0.2, 0.25) is 5.91 Å². The van der Waals surface area contributed by atoms with Crippen LogP contribution >= 0.6 is 11.8 Å². The van der Waals surface area contributed by atoms with Crippen molar-refractivity contribution in [2.24, 2.45) is 0 Å². The smallest absolute Gasteiger partial charge is 0.313 e. The van der Waals surface area contributed by atoms with E-state index in [1.54, 1.807) is 0 Å². The molecule has 0 aliphatic rings. The molecule has 1 unspecified atom stereocenters. The lowest BCUT2D eigenvalue weighted by atomic mass is 10.2. The quantitative estimate of drug-likeness (QED) is 0.554. The average Bonchev–Trinajstić information content (AvgIpc) is 2.14. The molecule has 0 aromatic carbocycles. The van der Waals surface area contributed by atoms with Gasteiger partial charge < -0.3 is 15.5 Å². The molecule has 0 rings (SSSR count). The van der Waals surface area contributed by atoms with E-state index >= 15 is 0 Å². The Morgan fingerprint density at radius 2 is 2.07 bits per heavy atom. The minimum absolute atomic E-state index is 0.0784. The molecule has 1 atom stereocenters. The number of thioether (sulfide) groups is 1. The van der Waals surface area contributed by atoms with Gasteiger partial charge in [-0.2, -0.15) is 0 Å². The third-order valence-electron chi connectivity index (χ3n) is 1.62. The molecular formula is C9H17NO4S. The monoisotopic (exact) mass is 235 g/mol. The van der Waals surface area contributed by atoms with Crippen molar-refractivity contribution in [3.8, 4) is 0 Å². The number of carbonyl (C=O) groups is 2. The van der Waals surface area contributed by atoms with Crippen LogP contribution in [0.15, 0.2) is 0 Å². The highest BCUT2D eigenvalue weighted by atomic mass is 32.2. The summed E-state index contributed by atoms with van der Waals surface area (Å²) in [4.78, 5) is 21.2. The Balaban J connectivity index is 3.44. The Labute approximate surface area is 93.2 Å². The lowest BCUT2D eigenvalue weighted by Gasteiger charge is -2.10. The van der Waals surface area contributed by atoms with Gasteiger partial charge in [0.1, 0.15) is 0 Å². The molecular weight excluding hydrogens is 218 g/mol. The van der Waals surface area contributed by atoms with Crippen molar-refractivity contribution in [2.75, 3.05) is 18.1 Å². The van der Waals surface area contributed by atoms with E-state index in [1.165, 1.54) is 0 Å². The van der Waals surface area contributed by atoms with Crippen LogP contribution < -0.4 is 5.32 Å². The molecule has 1 amide bonds. The van der Waals surface area contributed by atoms with Crippen LogP contribution in [-0.2, 0) is 9.59 Å². The summed E-state index contributed by atoms with van der Waals surface area (Å²) in [5.41, 5.74) is 0. The van der Waals surface area contributed by atoms with Crippen LogP contribution in [0.4, 0.5) is 0 Å². The molecule has 0 spiro atoms. The topological polar surface area (TPSA) is 86.6 Å². The maximum Gasteiger partial charge on any atom is 0.313 e. The number of nitrogens with one attached hydrogen (secondary N) is 1. The highest BCUT2D eigenvalue weighted by Gasteiger charge is 2.06. The van der Waals surface area contributed by atoms with Gasteiger partial charge in [0.15, 0.2) is 0 Å². The molecule has 0 saturated carbocycles. The van der Waals surface area contributed by atoms with Crippen LogP contribution in [0.5, 0.6) is 0 Å². The van der Waals surface area contributed by atoms with Crippen LogP contribution in [0.1, 0.15) is 19.8 Å². The first-order chi connectivity index (χ1) is 7.06. The van der Waals surface area contributed by atoms with Crippen molar-refractivity contribution in [1.29, 1.82) is 0 Å². The Kier molecular flexibility index (Phi) is 8.12. The fourth-order valence-electron chi connectivity index (χ4n) is 0.949. The van der Waals surface area contributed by atoms with E-state index in [2.05, 4.69) is 5.32 Å². The van der Waals surface area contributed by atoms with Crippen molar-refractivity contribution < 1.29 is 19.8 Å². The minimum atomic E-state index is -0.932. The Morgan fingerprint density at radius 1 is 1.40 bits per heavy atom. The number of carbonyl (C=O) groups excluding carboxylic acids is 1. The van der Waals surface area contributed by atoms with Gasteiger partial charge in [-0.25, -0.2) is 0 Å². The van der Waals surface area contributed by atoms with Gasteiger partial charge in [0.25, 0.3) is 0 Å². The summed E-state index contributed by atoms with van der Waals surface area (Å²) in [6.07, 6.45) is 1.01. The summed E-state index contributed by atoms with van der Waals surface area (Å²) in [6, 6.07) is 0. The molecule has 0 saturated heterocycles. The third kappa shape index (κ3) is 9.55. The number of carboxylic acid groups (broad SMARTS) is 1. The molecule has 0 aromatic heterocycles. The van der Waals surface area contributed by atoms with Gasteiger partial charge in [-0.05, 0) is 6.42 Å². The van der Waals surface area contributed by atoms with E-state index in [9.17, 15) is 14.7 Å². The lowest BCUT2D eigenvalue weighted by molar-refractivity contribution is -0.133. The number of carboxylic acids is 1. The predicted molar refractivity (Wildman–Crippen MR) is 58.9 cm³/mol. The second kappa shape index (κ2) is 8.55. The standard InChI is InChI=1S/C9H17NO4S/c1-2-3-7(11)4-10-8(12)5-15-6-9(13)14/h7,11H,2-6H2,1H3,(H,10,12)(H,13,14). The van der Waals surface area contributed by atoms with E-state index in [0.717, 1.165) is 18.2 Å². The normalized spacial score (nSPS) is 12.1. The number of aliphatic hydroxyl groups is 1. The summed E-state index contributed by atoms with van der Waals surface area (Å²) in [7, 11) is 0. The van der Waals surface area contributed by atoms with E-state index in [-0.39, 0.29) is 24.0 Å². The van der Waals surface area contributed by atoms with E-state index < -0.39 is 12.1 Å². The molecule has 88 valence electrons. The van der Waals surface area contributed by atoms with Crippen molar-refractivity contribution in [3.63, 3.8) is 0 Å². The SMILES string of the molecule is CCCC(O)CNC(=O)CSCC(=O)O. The zero-order valence-corrected chi connectivity index (χ0v) is 9.55. The van der Waals surface area contributed by atoms with Crippen molar-refractivity contribution in [1.82, 2.24) is 5.32 Å². The fraction of sp³-hybridized carbons (Fsp3) is 0.778. The first kappa shape index (κ1) is 14.2. The average molecular weight is 235 g/mol. The van der Waals surface area contributed by atoms with Gasteiger partial charge >= 0.3 is 5.97 Å². The van der Waals surface area contributed by atoms with Gasteiger partial charge in [0, 0.05) is 6.54 Å². The number of rotatable bonds is 8.